The maximum absolute atomic E-state index is 5.75. The minimum Gasteiger partial charge on any atom is -0.494 e. The Labute approximate surface area is 175 Å². The van der Waals surface area contributed by atoms with Gasteiger partial charge < -0.3 is 18.1 Å². The van der Waals surface area contributed by atoms with Crippen molar-refractivity contribution in [1.29, 1.82) is 0 Å². The summed E-state index contributed by atoms with van der Waals surface area (Å²) < 4.78 is 22.2. The Morgan fingerprint density at radius 3 is 2.70 bits per heavy atom. The number of fused-ring (bicyclic) bond motifs is 1. The van der Waals surface area contributed by atoms with E-state index in [4.69, 9.17) is 18.1 Å². The quantitative estimate of drug-likeness (QED) is 0.328. The van der Waals surface area contributed by atoms with Crippen LogP contribution in [0.15, 0.2) is 73.2 Å². The SMILES string of the molecule is CCOc1ccc(-c2noc(CSc3nnc(-c4cc5ccccc5o4)o3)n2)cc1. The van der Waals surface area contributed by atoms with Gasteiger partial charge in [-0.1, -0.05) is 35.1 Å². The van der Waals surface area contributed by atoms with Crippen LogP contribution >= 0.6 is 11.8 Å². The lowest BCUT2D eigenvalue weighted by atomic mass is 10.2. The first-order valence-corrected chi connectivity index (χ1v) is 10.3. The van der Waals surface area contributed by atoms with Crippen molar-refractivity contribution in [3.8, 4) is 28.8 Å². The molecule has 0 spiro atoms. The average Bonchev–Trinajstić information content (AvgIpc) is 3.51. The molecule has 150 valence electrons. The van der Waals surface area contributed by atoms with Crippen LogP contribution in [0.25, 0.3) is 34.0 Å². The number of nitrogens with zero attached hydrogens (tertiary/aromatic N) is 4. The fraction of sp³-hybridized carbons (Fsp3) is 0.143. The molecule has 3 aromatic heterocycles. The number of para-hydroxylation sites is 1. The van der Waals surface area contributed by atoms with Crippen LogP contribution in [0.1, 0.15) is 12.8 Å². The lowest BCUT2D eigenvalue weighted by molar-refractivity contribution is 0.340. The van der Waals surface area contributed by atoms with Gasteiger partial charge in [0.2, 0.25) is 11.7 Å². The number of rotatable bonds is 7. The molecule has 0 aliphatic rings. The fourth-order valence-electron chi connectivity index (χ4n) is 2.88. The third-order valence-electron chi connectivity index (χ3n) is 4.25. The standard InChI is InChI=1S/C21H16N4O4S/c1-2-26-15-9-7-13(8-10-15)19-22-18(29-25-19)12-30-21-24-23-20(28-21)17-11-14-5-3-4-6-16(14)27-17/h3-11H,2,12H2,1H3. The van der Waals surface area contributed by atoms with Gasteiger partial charge in [0.1, 0.15) is 11.3 Å². The molecule has 5 rings (SSSR count). The first kappa shape index (κ1) is 18.4. The summed E-state index contributed by atoms with van der Waals surface area (Å²) in [7, 11) is 0. The zero-order valence-corrected chi connectivity index (χ0v) is 16.8. The fourth-order valence-corrected chi connectivity index (χ4v) is 3.48. The average molecular weight is 420 g/mol. The molecule has 0 aliphatic heterocycles. The first-order valence-electron chi connectivity index (χ1n) is 9.29. The molecule has 0 radical (unpaired) electrons. The molecule has 0 aliphatic carbocycles. The van der Waals surface area contributed by atoms with Crippen LogP contribution < -0.4 is 4.74 Å². The van der Waals surface area contributed by atoms with Crippen molar-refractivity contribution < 1.29 is 18.1 Å². The van der Waals surface area contributed by atoms with Gasteiger partial charge in [0, 0.05) is 10.9 Å². The third-order valence-corrected chi connectivity index (χ3v) is 5.06. The van der Waals surface area contributed by atoms with Gasteiger partial charge in [-0.15, -0.1) is 10.2 Å². The van der Waals surface area contributed by atoms with Gasteiger partial charge in [0.25, 0.3) is 11.1 Å². The summed E-state index contributed by atoms with van der Waals surface area (Å²) in [5.74, 6) is 3.05. The van der Waals surface area contributed by atoms with Gasteiger partial charge >= 0.3 is 0 Å². The van der Waals surface area contributed by atoms with Crippen LogP contribution in [0.2, 0.25) is 0 Å². The van der Waals surface area contributed by atoms with Crippen LogP contribution in [-0.4, -0.2) is 26.9 Å². The van der Waals surface area contributed by atoms with E-state index in [9.17, 15) is 0 Å². The van der Waals surface area contributed by atoms with Crippen molar-refractivity contribution >= 4 is 22.7 Å². The summed E-state index contributed by atoms with van der Waals surface area (Å²) in [4.78, 5) is 4.42. The molecular formula is C21H16N4O4S. The minimum absolute atomic E-state index is 0.328. The predicted octanol–water partition coefficient (Wildman–Crippen LogP) is 5.22. The summed E-state index contributed by atoms with van der Waals surface area (Å²) in [5, 5.41) is 13.5. The number of ether oxygens (including phenoxy) is 1. The van der Waals surface area contributed by atoms with Gasteiger partial charge in [-0.3, -0.25) is 0 Å². The molecule has 3 heterocycles. The number of hydrogen-bond acceptors (Lipinski definition) is 9. The first-order chi connectivity index (χ1) is 14.8. The van der Waals surface area contributed by atoms with Gasteiger partial charge in [-0.05, 0) is 43.3 Å². The largest absolute Gasteiger partial charge is 0.494 e. The number of benzene rings is 2. The zero-order valence-electron chi connectivity index (χ0n) is 15.9. The van der Waals surface area contributed by atoms with Crippen molar-refractivity contribution in [2.45, 2.75) is 17.9 Å². The highest BCUT2D eigenvalue weighted by molar-refractivity contribution is 7.98. The molecule has 0 N–H and O–H groups in total. The third kappa shape index (κ3) is 3.79. The highest BCUT2D eigenvalue weighted by Crippen LogP contribution is 2.30. The van der Waals surface area contributed by atoms with E-state index in [-0.39, 0.29) is 0 Å². The zero-order chi connectivity index (χ0) is 20.3. The minimum atomic E-state index is 0.328. The Morgan fingerprint density at radius 2 is 1.87 bits per heavy atom. The number of furan rings is 1. The van der Waals surface area contributed by atoms with Crippen LogP contribution in [0.5, 0.6) is 5.75 Å². The van der Waals surface area contributed by atoms with Crippen molar-refractivity contribution in [1.82, 2.24) is 20.3 Å². The molecule has 0 saturated carbocycles. The Bertz CT molecular complexity index is 1240. The topological polar surface area (TPSA) is 100 Å². The Hall–Kier alpha value is -3.59. The Kier molecular flexibility index (Phi) is 4.94. The van der Waals surface area contributed by atoms with E-state index < -0.39 is 0 Å². The molecule has 5 aromatic rings. The van der Waals surface area contributed by atoms with Gasteiger partial charge in [-0.25, -0.2) is 0 Å². The second kappa shape index (κ2) is 8.03. The van der Waals surface area contributed by atoms with E-state index in [2.05, 4.69) is 20.3 Å². The molecular weight excluding hydrogens is 404 g/mol. The molecule has 0 saturated heterocycles. The highest BCUT2D eigenvalue weighted by atomic mass is 32.2. The maximum atomic E-state index is 5.75. The van der Waals surface area contributed by atoms with Crippen molar-refractivity contribution in [2.24, 2.45) is 0 Å². The van der Waals surface area contributed by atoms with E-state index in [1.54, 1.807) is 0 Å². The molecule has 0 fully saturated rings. The van der Waals surface area contributed by atoms with Gasteiger partial charge in [0.15, 0.2) is 5.76 Å². The van der Waals surface area contributed by atoms with Crippen LogP contribution in [0.3, 0.4) is 0 Å². The molecule has 0 bridgehead atoms. The predicted molar refractivity (Wildman–Crippen MR) is 110 cm³/mol. The second-order valence-electron chi connectivity index (χ2n) is 6.28. The van der Waals surface area contributed by atoms with E-state index in [0.717, 1.165) is 22.3 Å². The van der Waals surface area contributed by atoms with E-state index in [0.29, 0.717) is 40.9 Å². The molecule has 2 aromatic carbocycles. The lowest BCUT2D eigenvalue weighted by Crippen LogP contribution is -1.90. The van der Waals surface area contributed by atoms with Crippen molar-refractivity contribution in [3.05, 3.63) is 60.5 Å². The molecule has 30 heavy (non-hydrogen) atoms. The smallest absolute Gasteiger partial charge is 0.284 e. The highest BCUT2D eigenvalue weighted by Gasteiger charge is 2.15. The van der Waals surface area contributed by atoms with E-state index >= 15 is 0 Å². The van der Waals surface area contributed by atoms with Crippen LogP contribution in [-0.2, 0) is 5.75 Å². The van der Waals surface area contributed by atoms with Gasteiger partial charge in [0.05, 0.1) is 12.4 Å². The maximum Gasteiger partial charge on any atom is 0.284 e. The summed E-state index contributed by atoms with van der Waals surface area (Å²) in [6.45, 7) is 2.57. The molecule has 9 heteroatoms. The summed E-state index contributed by atoms with van der Waals surface area (Å²) in [6, 6.07) is 17.1. The summed E-state index contributed by atoms with van der Waals surface area (Å²) in [6.07, 6.45) is 0. The summed E-state index contributed by atoms with van der Waals surface area (Å²) >= 11 is 1.32. The van der Waals surface area contributed by atoms with Crippen LogP contribution in [0, 0.1) is 0 Å². The van der Waals surface area contributed by atoms with Crippen molar-refractivity contribution in [3.63, 3.8) is 0 Å². The summed E-state index contributed by atoms with van der Waals surface area (Å²) in [5.41, 5.74) is 1.62. The normalized spacial score (nSPS) is 11.2. The van der Waals surface area contributed by atoms with Crippen molar-refractivity contribution in [2.75, 3.05) is 6.61 Å². The molecule has 0 amide bonds. The van der Waals surface area contributed by atoms with Gasteiger partial charge in [-0.2, -0.15) is 4.98 Å². The number of hydrogen-bond donors (Lipinski definition) is 0. The second-order valence-corrected chi connectivity index (χ2v) is 7.21. The molecule has 0 atom stereocenters. The number of thioether (sulfide) groups is 1. The van der Waals surface area contributed by atoms with E-state index in [1.165, 1.54) is 11.8 Å². The van der Waals surface area contributed by atoms with E-state index in [1.807, 2.05) is 61.5 Å². The molecule has 0 unspecified atom stereocenters. The van der Waals surface area contributed by atoms with Crippen LogP contribution in [0.4, 0.5) is 0 Å². The number of aromatic nitrogens is 4. The Morgan fingerprint density at radius 1 is 1.00 bits per heavy atom. The molecule has 8 nitrogen and oxygen atoms in total. The Balaban J connectivity index is 1.25. The lowest BCUT2D eigenvalue weighted by Gasteiger charge is -2.02. The monoisotopic (exact) mass is 420 g/mol.